The Balaban J connectivity index is 3.23. The Bertz CT molecular complexity index is 500. The van der Waals surface area contributed by atoms with Crippen LogP contribution in [0, 0.1) is 11.5 Å². The molecule has 0 unspecified atom stereocenters. The number of nitrogens with one attached hydrogen (secondary N) is 1. The third kappa shape index (κ3) is 3.45. The zero-order valence-electron chi connectivity index (χ0n) is 10.2. The standard InChI is InChI=1S/C11H12ClN3O2S/c1-16-9-5-10(17-2)8(4-7(9)12)15-11(18-3)14-6-13/h4-5H,1-3H3,(H,14,15). The van der Waals surface area contributed by atoms with Crippen LogP contribution in [0.2, 0.25) is 5.02 Å². The van der Waals surface area contributed by atoms with Gasteiger partial charge in [-0.05, 0) is 12.3 Å². The molecule has 0 aromatic heterocycles. The number of nitrogens with zero attached hydrogens (tertiary/aromatic N) is 2. The molecule has 1 N–H and O–H groups in total. The van der Waals surface area contributed by atoms with E-state index in [0.717, 1.165) is 0 Å². The van der Waals surface area contributed by atoms with E-state index in [9.17, 15) is 0 Å². The van der Waals surface area contributed by atoms with E-state index in [2.05, 4.69) is 10.3 Å². The first kappa shape index (κ1) is 14.5. The summed E-state index contributed by atoms with van der Waals surface area (Å²) in [5.41, 5.74) is 0.524. The highest BCUT2D eigenvalue weighted by Crippen LogP contribution is 2.37. The van der Waals surface area contributed by atoms with Crippen molar-refractivity contribution in [2.75, 3.05) is 20.5 Å². The molecule has 0 amide bonds. The summed E-state index contributed by atoms with van der Waals surface area (Å²) in [4.78, 5) is 4.25. The molecule has 7 heteroatoms. The molecule has 0 aliphatic rings. The number of halogens is 1. The van der Waals surface area contributed by atoms with Crippen LogP contribution in [0.3, 0.4) is 0 Å². The number of amidine groups is 1. The maximum atomic E-state index is 8.58. The smallest absolute Gasteiger partial charge is 0.183 e. The molecule has 5 nitrogen and oxygen atoms in total. The van der Waals surface area contributed by atoms with Gasteiger partial charge in [-0.1, -0.05) is 23.4 Å². The largest absolute Gasteiger partial charge is 0.495 e. The van der Waals surface area contributed by atoms with E-state index in [0.29, 0.717) is 27.4 Å². The third-order valence-corrected chi connectivity index (χ3v) is 2.91. The van der Waals surface area contributed by atoms with Gasteiger partial charge in [-0.15, -0.1) is 0 Å². The van der Waals surface area contributed by atoms with E-state index in [1.165, 1.54) is 26.0 Å². The average Bonchev–Trinajstić information content (AvgIpc) is 2.38. The van der Waals surface area contributed by atoms with Crippen molar-refractivity contribution in [3.63, 3.8) is 0 Å². The maximum absolute atomic E-state index is 8.58. The Hall–Kier alpha value is -1.58. The number of aliphatic imine (C=N–C) groups is 1. The van der Waals surface area contributed by atoms with Crippen LogP contribution in [-0.4, -0.2) is 25.6 Å². The number of nitriles is 1. The average molecular weight is 286 g/mol. The fourth-order valence-electron chi connectivity index (χ4n) is 1.21. The van der Waals surface area contributed by atoms with Gasteiger partial charge in [-0.2, -0.15) is 5.26 Å². The van der Waals surface area contributed by atoms with Gasteiger partial charge in [0.05, 0.1) is 19.2 Å². The minimum atomic E-state index is 0.425. The van der Waals surface area contributed by atoms with E-state index < -0.39 is 0 Å². The van der Waals surface area contributed by atoms with Gasteiger partial charge in [0.1, 0.15) is 17.2 Å². The molecule has 0 aliphatic carbocycles. The van der Waals surface area contributed by atoms with Crippen LogP contribution >= 0.6 is 23.4 Å². The number of rotatable bonds is 3. The molecule has 0 bridgehead atoms. The monoisotopic (exact) mass is 285 g/mol. The van der Waals surface area contributed by atoms with Crippen LogP contribution < -0.4 is 14.8 Å². The second kappa shape index (κ2) is 6.99. The minimum absolute atomic E-state index is 0.425. The Morgan fingerprint density at radius 3 is 2.56 bits per heavy atom. The first-order chi connectivity index (χ1) is 8.65. The second-order valence-electron chi connectivity index (χ2n) is 3.02. The fourth-order valence-corrected chi connectivity index (χ4v) is 1.79. The van der Waals surface area contributed by atoms with Crippen LogP contribution in [-0.2, 0) is 0 Å². The van der Waals surface area contributed by atoms with Gasteiger partial charge in [0, 0.05) is 6.07 Å². The first-order valence-corrected chi connectivity index (χ1v) is 6.45. The predicted molar refractivity (Wildman–Crippen MR) is 73.9 cm³/mol. The van der Waals surface area contributed by atoms with Crippen molar-refractivity contribution in [1.82, 2.24) is 5.32 Å². The SMILES string of the molecule is COc1cc(OC)c(N=C(NC#N)SC)cc1Cl. The molecule has 1 rings (SSSR count). The summed E-state index contributed by atoms with van der Waals surface area (Å²) in [6, 6.07) is 3.26. The molecule has 0 spiro atoms. The minimum Gasteiger partial charge on any atom is -0.495 e. The van der Waals surface area contributed by atoms with Gasteiger partial charge >= 0.3 is 0 Å². The molecule has 0 saturated heterocycles. The molecule has 96 valence electrons. The second-order valence-corrected chi connectivity index (χ2v) is 4.22. The summed E-state index contributed by atoms with van der Waals surface area (Å²) in [6.07, 6.45) is 3.62. The van der Waals surface area contributed by atoms with E-state index in [4.69, 9.17) is 26.3 Å². The molecular formula is C11H12ClN3O2S. The van der Waals surface area contributed by atoms with Crippen molar-refractivity contribution in [2.45, 2.75) is 0 Å². The fraction of sp³-hybridized carbons (Fsp3) is 0.273. The van der Waals surface area contributed by atoms with Crippen molar-refractivity contribution >= 4 is 34.2 Å². The summed E-state index contributed by atoms with van der Waals surface area (Å²) in [7, 11) is 3.05. The number of hydrogen-bond donors (Lipinski definition) is 1. The summed E-state index contributed by atoms with van der Waals surface area (Å²) in [5, 5.41) is 11.9. The van der Waals surface area contributed by atoms with Crippen LogP contribution in [0.5, 0.6) is 11.5 Å². The zero-order chi connectivity index (χ0) is 13.5. The van der Waals surface area contributed by atoms with Crippen LogP contribution in [0.25, 0.3) is 0 Å². The summed E-state index contributed by atoms with van der Waals surface area (Å²) < 4.78 is 10.3. The number of thioether (sulfide) groups is 1. The van der Waals surface area contributed by atoms with Gasteiger partial charge in [0.2, 0.25) is 0 Å². The lowest BCUT2D eigenvalue weighted by atomic mass is 10.3. The molecule has 0 fully saturated rings. The molecule has 18 heavy (non-hydrogen) atoms. The predicted octanol–water partition coefficient (Wildman–Crippen LogP) is 2.78. The lowest BCUT2D eigenvalue weighted by Crippen LogP contribution is -2.12. The molecule has 1 aromatic carbocycles. The van der Waals surface area contributed by atoms with E-state index in [1.807, 2.05) is 6.19 Å². The molecule has 0 saturated carbocycles. The number of hydrogen-bond acceptors (Lipinski definition) is 5. The van der Waals surface area contributed by atoms with Crippen LogP contribution in [0.4, 0.5) is 5.69 Å². The summed E-state index contributed by atoms with van der Waals surface area (Å²) in [5.74, 6) is 1.02. The highest BCUT2D eigenvalue weighted by molar-refractivity contribution is 8.13. The van der Waals surface area contributed by atoms with Crippen LogP contribution in [0.15, 0.2) is 17.1 Å². The lowest BCUT2D eigenvalue weighted by Gasteiger charge is -2.09. The molecular weight excluding hydrogens is 274 g/mol. The Morgan fingerprint density at radius 1 is 1.39 bits per heavy atom. The van der Waals surface area contributed by atoms with Gasteiger partial charge in [0.15, 0.2) is 11.4 Å². The number of benzene rings is 1. The molecule has 0 atom stereocenters. The van der Waals surface area contributed by atoms with Crippen molar-refractivity contribution < 1.29 is 9.47 Å². The van der Waals surface area contributed by atoms with Crippen molar-refractivity contribution in [2.24, 2.45) is 4.99 Å². The Morgan fingerprint density at radius 2 is 2.06 bits per heavy atom. The first-order valence-electron chi connectivity index (χ1n) is 4.85. The van der Waals surface area contributed by atoms with E-state index in [-0.39, 0.29) is 0 Å². The van der Waals surface area contributed by atoms with Gasteiger partial charge < -0.3 is 9.47 Å². The third-order valence-electron chi connectivity index (χ3n) is 2.03. The van der Waals surface area contributed by atoms with Crippen molar-refractivity contribution in [3.8, 4) is 17.7 Å². The van der Waals surface area contributed by atoms with Crippen molar-refractivity contribution in [3.05, 3.63) is 17.2 Å². The Kier molecular flexibility index (Phi) is 5.62. The number of methoxy groups -OCH3 is 2. The van der Waals surface area contributed by atoms with Gasteiger partial charge in [0.25, 0.3) is 0 Å². The summed E-state index contributed by atoms with van der Waals surface area (Å²) >= 11 is 7.33. The molecule has 0 radical (unpaired) electrons. The van der Waals surface area contributed by atoms with Gasteiger partial charge in [-0.25, -0.2) is 4.99 Å². The summed E-state index contributed by atoms with van der Waals surface area (Å²) in [6.45, 7) is 0. The van der Waals surface area contributed by atoms with Crippen molar-refractivity contribution in [1.29, 1.82) is 5.26 Å². The number of ether oxygens (including phenoxy) is 2. The zero-order valence-corrected chi connectivity index (χ0v) is 11.7. The lowest BCUT2D eigenvalue weighted by molar-refractivity contribution is 0.395. The quantitative estimate of drug-likeness (QED) is 0.400. The molecule has 0 heterocycles. The maximum Gasteiger partial charge on any atom is 0.183 e. The highest BCUT2D eigenvalue weighted by atomic mass is 35.5. The Labute approximate surface area is 115 Å². The van der Waals surface area contributed by atoms with Gasteiger partial charge in [-0.3, -0.25) is 5.32 Å². The topological polar surface area (TPSA) is 66.6 Å². The van der Waals surface area contributed by atoms with E-state index >= 15 is 0 Å². The normalized spacial score (nSPS) is 10.7. The van der Waals surface area contributed by atoms with E-state index in [1.54, 1.807) is 18.4 Å². The highest BCUT2D eigenvalue weighted by Gasteiger charge is 2.10. The molecule has 1 aromatic rings. The molecule has 0 aliphatic heterocycles. The van der Waals surface area contributed by atoms with Crippen LogP contribution in [0.1, 0.15) is 0 Å².